The predicted octanol–water partition coefficient (Wildman–Crippen LogP) is 1.96. The minimum absolute atomic E-state index is 0.353. The molecule has 0 bridgehead atoms. The number of benzene rings is 1. The van der Waals surface area contributed by atoms with E-state index >= 15 is 0 Å². The molecule has 1 aromatic heterocycles. The standard InChI is InChI=1S/C18H22N4O3/c1-5-22-11-13(9-19-22)10-21(4)17(24)18(3)16(23)20-14-8-12(2)6-7-15(14)25-18/h6-9,11H,5,10H2,1-4H3,(H,20,23). The zero-order valence-corrected chi connectivity index (χ0v) is 14.9. The Morgan fingerprint density at radius 3 is 2.88 bits per heavy atom. The van der Waals surface area contributed by atoms with E-state index in [4.69, 9.17) is 4.74 Å². The Morgan fingerprint density at radius 1 is 1.44 bits per heavy atom. The molecule has 1 aromatic carbocycles. The molecule has 1 atom stereocenters. The summed E-state index contributed by atoms with van der Waals surface area (Å²) in [4.78, 5) is 26.9. The van der Waals surface area contributed by atoms with Gasteiger partial charge in [0.15, 0.2) is 0 Å². The Bertz CT molecular complexity index is 829. The molecule has 25 heavy (non-hydrogen) atoms. The number of carbonyl (C=O) groups excluding carboxylic acids is 2. The Hall–Kier alpha value is -2.83. The molecule has 0 saturated heterocycles. The van der Waals surface area contributed by atoms with Gasteiger partial charge < -0.3 is 15.0 Å². The highest BCUT2D eigenvalue weighted by Gasteiger charge is 2.48. The number of fused-ring (bicyclic) bond motifs is 1. The van der Waals surface area contributed by atoms with Gasteiger partial charge in [0.25, 0.3) is 17.4 Å². The van der Waals surface area contributed by atoms with Crippen LogP contribution >= 0.6 is 0 Å². The smallest absolute Gasteiger partial charge is 0.278 e. The average molecular weight is 342 g/mol. The summed E-state index contributed by atoms with van der Waals surface area (Å²) < 4.78 is 7.60. The van der Waals surface area contributed by atoms with Crippen LogP contribution in [0.4, 0.5) is 5.69 Å². The van der Waals surface area contributed by atoms with Crippen LogP contribution in [0, 0.1) is 6.92 Å². The first-order chi connectivity index (χ1) is 11.8. The third-order valence-electron chi connectivity index (χ3n) is 4.32. The van der Waals surface area contributed by atoms with Crippen LogP contribution in [0.3, 0.4) is 0 Å². The number of nitrogens with zero attached hydrogens (tertiary/aromatic N) is 3. The van der Waals surface area contributed by atoms with Gasteiger partial charge in [-0.1, -0.05) is 6.07 Å². The minimum atomic E-state index is -1.60. The molecule has 0 saturated carbocycles. The van der Waals surface area contributed by atoms with E-state index in [0.717, 1.165) is 17.7 Å². The van der Waals surface area contributed by atoms with E-state index in [9.17, 15) is 9.59 Å². The summed E-state index contributed by atoms with van der Waals surface area (Å²) in [5, 5.41) is 6.97. The lowest BCUT2D eigenvalue weighted by Gasteiger charge is -2.35. The molecule has 0 aliphatic carbocycles. The maximum atomic E-state index is 12.9. The van der Waals surface area contributed by atoms with Gasteiger partial charge in [0.2, 0.25) is 0 Å². The van der Waals surface area contributed by atoms with Gasteiger partial charge in [0.05, 0.1) is 11.9 Å². The van der Waals surface area contributed by atoms with Crippen molar-refractivity contribution in [3.8, 4) is 5.75 Å². The molecule has 2 aromatic rings. The molecule has 1 unspecified atom stereocenters. The quantitative estimate of drug-likeness (QED) is 0.862. The minimum Gasteiger partial charge on any atom is -0.466 e. The summed E-state index contributed by atoms with van der Waals surface area (Å²) in [6.07, 6.45) is 3.60. The molecule has 0 spiro atoms. The number of anilines is 1. The van der Waals surface area contributed by atoms with E-state index in [-0.39, 0.29) is 0 Å². The summed E-state index contributed by atoms with van der Waals surface area (Å²) >= 11 is 0. The fraction of sp³-hybridized carbons (Fsp3) is 0.389. The van der Waals surface area contributed by atoms with Gasteiger partial charge in [-0.15, -0.1) is 0 Å². The molecule has 7 heteroatoms. The number of likely N-dealkylation sites (N-methyl/N-ethyl adjacent to an activating group) is 1. The number of rotatable bonds is 4. The highest BCUT2D eigenvalue weighted by molar-refractivity contribution is 6.15. The Balaban J connectivity index is 1.80. The summed E-state index contributed by atoms with van der Waals surface area (Å²) in [5.41, 5.74) is 0.885. The first-order valence-electron chi connectivity index (χ1n) is 8.21. The van der Waals surface area contributed by atoms with Gasteiger partial charge >= 0.3 is 0 Å². The van der Waals surface area contributed by atoms with Crippen LogP contribution < -0.4 is 10.1 Å². The van der Waals surface area contributed by atoms with Crippen LogP contribution in [0.1, 0.15) is 25.0 Å². The second kappa shape index (κ2) is 6.23. The molecular weight excluding hydrogens is 320 g/mol. The zero-order chi connectivity index (χ0) is 18.2. The van der Waals surface area contributed by atoms with Crippen molar-refractivity contribution in [1.29, 1.82) is 0 Å². The summed E-state index contributed by atoms with van der Waals surface area (Å²) in [5.74, 6) is -0.375. The number of aryl methyl sites for hydroxylation is 2. The third-order valence-corrected chi connectivity index (χ3v) is 4.32. The van der Waals surface area contributed by atoms with Crippen LogP contribution in [0.15, 0.2) is 30.6 Å². The van der Waals surface area contributed by atoms with Crippen LogP contribution in [0.25, 0.3) is 0 Å². The van der Waals surface area contributed by atoms with Gasteiger partial charge in [0.1, 0.15) is 5.75 Å². The van der Waals surface area contributed by atoms with Crippen LogP contribution in [0.2, 0.25) is 0 Å². The monoisotopic (exact) mass is 342 g/mol. The molecule has 1 aliphatic heterocycles. The molecule has 0 fully saturated rings. The van der Waals surface area contributed by atoms with E-state index in [0.29, 0.717) is 18.0 Å². The number of nitrogens with one attached hydrogen (secondary N) is 1. The Labute approximate surface area is 146 Å². The van der Waals surface area contributed by atoms with Crippen molar-refractivity contribution in [1.82, 2.24) is 14.7 Å². The Kier molecular flexibility index (Phi) is 4.24. The van der Waals surface area contributed by atoms with Crippen molar-refractivity contribution < 1.29 is 14.3 Å². The molecule has 0 radical (unpaired) electrons. The lowest BCUT2D eigenvalue weighted by Crippen LogP contribution is -2.58. The number of ether oxygens (including phenoxy) is 1. The molecule has 7 nitrogen and oxygen atoms in total. The highest BCUT2D eigenvalue weighted by atomic mass is 16.5. The molecular formula is C18H22N4O3. The molecule has 3 rings (SSSR count). The predicted molar refractivity (Wildman–Crippen MR) is 93.2 cm³/mol. The summed E-state index contributed by atoms with van der Waals surface area (Å²) in [6, 6.07) is 5.46. The topological polar surface area (TPSA) is 76.5 Å². The molecule has 1 N–H and O–H groups in total. The van der Waals surface area contributed by atoms with Crippen LogP contribution in [0.5, 0.6) is 5.75 Å². The van der Waals surface area contributed by atoms with Crippen molar-refractivity contribution in [2.75, 3.05) is 12.4 Å². The van der Waals surface area contributed by atoms with E-state index in [2.05, 4.69) is 10.4 Å². The van der Waals surface area contributed by atoms with Crippen molar-refractivity contribution in [3.05, 3.63) is 41.7 Å². The van der Waals surface area contributed by atoms with E-state index in [1.807, 2.05) is 32.2 Å². The normalized spacial score (nSPS) is 19.0. The highest BCUT2D eigenvalue weighted by Crippen LogP contribution is 2.35. The maximum Gasteiger partial charge on any atom is 0.278 e. The largest absolute Gasteiger partial charge is 0.466 e. The van der Waals surface area contributed by atoms with E-state index < -0.39 is 17.4 Å². The lowest BCUT2D eigenvalue weighted by molar-refractivity contribution is -0.154. The van der Waals surface area contributed by atoms with Crippen molar-refractivity contribution in [3.63, 3.8) is 0 Å². The van der Waals surface area contributed by atoms with Crippen molar-refractivity contribution >= 4 is 17.5 Å². The first-order valence-corrected chi connectivity index (χ1v) is 8.21. The van der Waals surface area contributed by atoms with Crippen LogP contribution in [-0.4, -0.2) is 39.1 Å². The average Bonchev–Trinajstić information content (AvgIpc) is 3.03. The number of aromatic nitrogens is 2. The van der Waals surface area contributed by atoms with Gasteiger partial charge in [-0.2, -0.15) is 5.10 Å². The van der Waals surface area contributed by atoms with Gasteiger partial charge in [-0.25, -0.2) is 0 Å². The molecule has 1 aliphatic rings. The lowest BCUT2D eigenvalue weighted by atomic mass is 10.0. The number of amides is 2. The van der Waals surface area contributed by atoms with Gasteiger partial charge in [0, 0.05) is 31.9 Å². The van der Waals surface area contributed by atoms with Gasteiger partial charge in [-0.05, 0) is 38.5 Å². The maximum absolute atomic E-state index is 12.9. The molecule has 2 amide bonds. The van der Waals surface area contributed by atoms with Crippen LogP contribution in [-0.2, 0) is 22.7 Å². The second-order valence-electron chi connectivity index (χ2n) is 6.45. The van der Waals surface area contributed by atoms with Crippen molar-refractivity contribution in [2.24, 2.45) is 0 Å². The summed E-state index contributed by atoms with van der Waals surface area (Å²) in [6.45, 7) is 6.53. The van der Waals surface area contributed by atoms with Crippen molar-refractivity contribution in [2.45, 2.75) is 39.5 Å². The summed E-state index contributed by atoms with van der Waals surface area (Å²) in [7, 11) is 1.65. The fourth-order valence-electron chi connectivity index (χ4n) is 2.85. The van der Waals surface area contributed by atoms with E-state index in [1.165, 1.54) is 11.8 Å². The molecule has 132 valence electrons. The number of carbonyl (C=O) groups is 2. The Morgan fingerprint density at radius 2 is 2.20 bits per heavy atom. The molecule has 2 heterocycles. The first kappa shape index (κ1) is 17.0. The fourth-order valence-corrected chi connectivity index (χ4v) is 2.85. The SMILES string of the molecule is CCn1cc(CN(C)C(=O)C2(C)Oc3ccc(C)cc3NC2=O)cn1. The van der Waals surface area contributed by atoms with E-state index in [1.54, 1.807) is 24.0 Å². The van der Waals surface area contributed by atoms with Gasteiger partial charge in [-0.3, -0.25) is 14.3 Å². The number of hydrogen-bond donors (Lipinski definition) is 1. The zero-order valence-electron chi connectivity index (χ0n) is 14.9. The third kappa shape index (κ3) is 3.09. The number of hydrogen-bond acceptors (Lipinski definition) is 4. The second-order valence-corrected chi connectivity index (χ2v) is 6.45.